The molecule has 1 aromatic carbocycles. The van der Waals surface area contributed by atoms with E-state index in [0.717, 1.165) is 16.7 Å². The lowest BCUT2D eigenvalue weighted by atomic mass is 10.2. The van der Waals surface area contributed by atoms with E-state index in [9.17, 15) is 4.79 Å². The number of carbonyl (C=O) groups is 1. The van der Waals surface area contributed by atoms with Crippen LogP contribution in [-0.2, 0) is 13.1 Å². The molecule has 0 atom stereocenters. The SMILES string of the molecule is CCn1ccc(CNC(=O)c2ccccc2Br)n1. The monoisotopic (exact) mass is 307 g/mol. The Hall–Kier alpha value is -1.62. The van der Waals surface area contributed by atoms with Gasteiger partial charge < -0.3 is 5.32 Å². The van der Waals surface area contributed by atoms with Crippen LogP contribution in [0.4, 0.5) is 0 Å². The summed E-state index contributed by atoms with van der Waals surface area (Å²) in [5.41, 5.74) is 1.49. The number of nitrogens with zero attached hydrogens (tertiary/aromatic N) is 2. The van der Waals surface area contributed by atoms with Crippen LogP contribution in [0.15, 0.2) is 41.0 Å². The van der Waals surface area contributed by atoms with Crippen LogP contribution in [0.3, 0.4) is 0 Å². The number of carbonyl (C=O) groups excluding carboxylic acids is 1. The van der Waals surface area contributed by atoms with Gasteiger partial charge in [-0.1, -0.05) is 12.1 Å². The van der Waals surface area contributed by atoms with Crippen molar-refractivity contribution in [3.8, 4) is 0 Å². The second-order valence-corrected chi connectivity index (χ2v) is 4.68. The van der Waals surface area contributed by atoms with Gasteiger partial charge in [0, 0.05) is 17.2 Å². The Morgan fingerprint density at radius 3 is 2.83 bits per heavy atom. The number of nitrogens with one attached hydrogen (secondary N) is 1. The first kappa shape index (κ1) is 12.8. The highest BCUT2D eigenvalue weighted by Gasteiger charge is 2.09. The number of hydrogen-bond acceptors (Lipinski definition) is 2. The van der Waals surface area contributed by atoms with E-state index in [0.29, 0.717) is 12.1 Å². The standard InChI is InChI=1S/C13H14BrN3O/c1-2-17-8-7-10(16-17)9-15-13(18)11-5-3-4-6-12(11)14/h3-8H,2,9H2,1H3,(H,15,18). The van der Waals surface area contributed by atoms with Gasteiger partial charge in [0.2, 0.25) is 0 Å². The Bertz CT molecular complexity index is 551. The number of aryl methyl sites for hydroxylation is 1. The fraction of sp³-hybridized carbons (Fsp3) is 0.231. The van der Waals surface area contributed by atoms with Gasteiger partial charge in [-0.15, -0.1) is 0 Å². The number of hydrogen-bond donors (Lipinski definition) is 1. The zero-order valence-electron chi connectivity index (χ0n) is 10.1. The van der Waals surface area contributed by atoms with Gasteiger partial charge in [-0.25, -0.2) is 0 Å². The van der Waals surface area contributed by atoms with E-state index in [2.05, 4.69) is 26.3 Å². The fourth-order valence-corrected chi connectivity index (χ4v) is 2.05. The first-order valence-electron chi connectivity index (χ1n) is 5.75. The molecule has 0 radical (unpaired) electrons. The number of aromatic nitrogens is 2. The summed E-state index contributed by atoms with van der Waals surface area (Å²) in [4.78, 5) is 11.9. The molecule has 5 heteroatoms. The lowest BCUT2D eigenvalue weighted by Gasteiger charge is -2.05. The summed E-state index contributed by atoms with van der Waals surface area (Å²) in [5, 5.41) is 7.16. The minimum Gasteiger partial charge on any atom is -0.346 e. The summed E-state index contributed by atoms with van der Waals surface area (Å²) in [6.07, 6.45) is 1.90. The van der Waals surface area contributed by atoms with Crippen molar-refractivity contribution in [2.75, 3.05) is 0 Å². The van der Waals surface area contributed by atoms with Crippen molar-refractivity contribution in [3.63, 3.8) is 0 Å². The molecular formula is C13H14BrN3O. The highest BCUT2D eigenvalue weighted by Crippen LogP contribution is 2.15. The van der Waals surface area contributed by atoms with E-state index < -0.39 is 0 Å². The van der Waals surface area contributed by atoms with Gasteiger partial charge in [0.25, 0.3) is 5.91 Å². The molecule has 0 aliphatic rings. The Morgan fingerprint density at radius 2 is 2.17 bits per heavy atom. The molecule has 0 saturated heterocycles. The van der Waals surface area contributed by atoms with Crippen molar-refractivity contribution in [1.82, 2.24) is 15.1 Å². The van der Waals surface area contributed by atoms with E-state index in [1.807, 2.05) is 42.1 Å². The summed E-state index contributed by atoms with van der Waals surface area (Å²) in [7, 11) is 0. The van der Waals surface area contributed by atoms with Crippen LogP contribution in [0, 0.1) is 0 Å². The maximum absolute atomic E-state index is 11.9. The highest BCUT2D eigenvalue weighted by molar-refractivity contribution is 9.10. The minimum atomic E-state index is -0.103. The predicted molar refractivity (Wildman–Crippen MR) is 73.2 cm³/mol. The van der Waals surface area contributed by atoms with Gasteiger partial charge in [0.15, 0.2) is 0 Å². The van der Waals surface area contributed by atoms with Gasteiger partial charge in [0.1, 0.15) is 0 Å². The normalized spacial score (nSPS) is 10.3. The largest absolute Gasteiger partial charge is 0.346 e. The van der Waals surface area contributed by atoms with Crippen LogP contribution >= 0.6 is 15.9 Å². The Balaban J connectivity index is 1.98. The smallest absolute Gasteiger partial charge is 0.252 e. The molecule has 1 heterocycles. The first-order valence-corrected chi connectivity index (χ1v) is 6.55. The van der Waals surface area contributed by atoms with Gasteiger partial charge in [0.05, 0.1) is 17.8 Å². The molecule has 4 nitrogen and oxygen atoms in total. The lowest BCUT2D eigenvalue weighted by Crippen LogP contribution is -2.23. The minimum absolute atomic E-state index is 0.103. The zero-order valence-corrected chi connectivity index (χ0v) is 11.6. The predicted octanol–water partition coefficient (Wildman–Crippen LogP) is 2.60. The van der Waals surface area contributed by atoms with Crippen molar-refractivity contribution >= 4 is 21.8 Å². The van der Waals surface area contributed by atoms with Gasteiger partial charge >= 0.3 is 0 Å². The maximum atomic E-state index is 11.9. The average Bonchev–Trinajstić information content (AvgIpc) is 2.84. The van der Waals surface area contributed by atoms with Crippen LogP contribution in [0.2, 0.25) is 0 Å². The maximum Gasteiger partial charge on any atom is 0.252 e. The average molecular weight is 308 g/mol. The van der Waals surface area contributed by atoms with Gasteiger partial charge in [-0.3, -0.25) is 9.48 Å². The number of halogens is 1. The zero-order chi connectivity index (χ0) is 13.0. The number of benzene rings is 1. The molecule has 0 aliphatic carbocycles. The molecule has 2 rings (SSSR count). The van der Waals surface area contributed by atoms with Crippen LogP contribution in [0.1, 0.15) is 23.0 Å². The van der Waals surface area contributed by atoms with Gasteiger partial charge in [-0.05, 0) is 41.1 Å². The third-order valence-corrected chi connectivity index (χ3v) is 3.26. The highest BCUT2D eigenvalue weighted by atomic mass is 79.9. The van der Waals surface area contributed by atoms with E-state index in [4.69, 9.17) is 0 Å². The Morgan fingerprint density at radius 1 is 1.39 bits per heavy atom. The molecule has 0 unspecified atom stereocenters. The molecule has 94 valence electrons. The molecule has 0 aliphatic heterocycles. The second kappa shape index (κ2) is 5.82. The fourth-order valence-electron chi connectivity index (χ4n) is 1.59. The van der Waals surface area contributed by atoms with E-state index in [1.54, 1.807) is 6.07 Å². The summed E-state index contributed by atoms with van der Waals surface area (Å²) >= 11 is 3.36. The van der Waals surface area contributed by atoms with E-state index in [-0.39, 0.29) is 5.91 Å². The topological polar surface area (TPSA) is 46.9 Å². The third kappa shape index (κ3) is 2.98. The van der Waals surface area contributed by atoms with E-state index in [1.165, 1.54) is 0 Å². The van der Waals surface area contributed by atoms with Crippen LogP contribution in [0.5, 0.6) is 0 Å². The number of amides is 1. The Labute approximate surface area is 114 Å². The van der Waals surface area contributed by atoms with Crippen molar-refractivity contribution in [3.05, 3.63) is 52.3 Å². The molecular weight excluding hydrogens is 294 g/mol. The molecule has 2 aromatic rings. The Kier molecular flexibility index (Phi) is 4.15. The van der Waals surface area contributed by atoms with Crippen molar-refractivity contribution in [2.45, 2.75) is 20.0 Å². The molecule has 1 aromatic heterocycles. The summed E-state index contributed by atoms with van der Waals surface area (Å²) in [6.45, 7) is 3.29. The summed E-state index contributed by atoms with van der Waals surface area (Å²) < 4.78 is 2.63. The quantitative estimate of drug-likeness (QED) is 0.944. The molecule has 0 bridgehead atoms. The van der Waals surface area contributed by atoms with Crippen LogP contribution in [-0.4, -0.2) is 15.7 Å². The van der Waals surface area contributed by atoms with Gasteiger partial charge in [-0.2, -0.15) is 5.10 Å². The molecule has 0 spiro atoms. The molecule has 18 heavy (non-hydrogen) atoms. The number of rotatable bonds is 4. The van der Waals surface area contributed by atoms with Crippen LogP contribution < -0.4 is 5.32 Å². The van der Waals surface area contributed by atoms with Crippen molar-refractivity contribution in [2.24, 2.45) is 0 Å². The lowest BCUT2D eigenvalue weighted by molar-refractivity contribution is 0.0949. The van der Waals surface area contributed by atoms with Crippen molar-refractivity contribution in [1.29, 1.82) is 0 Å². The third-order valence-electron chi connectivity index (χ3n) is 2.57. The molecule has 0 fully saturated rings. The molecule has 0 saturated carbocycles. The van der Waals surface area contributed by atoms with Crippen molar-refractivity contribution < 1.29 is 4.79 Å². The molecule has 1 amide bonds. The van der Waals surface area contributed by atoms with E-state index >= 15 is 0 Å². The van der Waals surface area contributed by atoms with Crippen LogP contribution in [0.25, 0.3) is 0 Å². The molecule has 1 N–H and O–H groups in total. The summed E-state index contributed by atoms with van der Waals surface area (Å²) in [5.74, 6) is -0.103. The first-order chi connectivity index (χ1) is 8.70. The summed E-state index contributed by atoms with van der Waals surface area (Å²) in [6, 6.07) is 9.25. The second-order valence-electron chi connectivity index (χ2n) is 3.83.